The number of nitrogens with two attached hydrogens (primary N) is 1. The third-order valence-electron chi connectivity index (χ3n) is 2.24. The van der Waals surface area contributed by atoms with Crippen molar-refractivity contribution < 1.29 is 38.1 Å². The number of rotatable bonds is 4. The zero-order valence-corrected chi connectivity index (χ0v) is 11.6. The lowest BCUT2D eigenvalue weighted by atomic mass is 10.0. The van der Waals surface area contributed by atoms with E-state index in [9.17, 15) is 13.6 Å². The minimum Gasteiger partial charge on any atom is -0.473 e. The van der Waals surface area contributed by atoms with Gasteiger partial charge in [0.25, 0.3) is 0 Å². The van der Waals surface area contributed by atoms with Crippen molar-refractivity contribution >= 4 is 17.9 Å². The number of carboxylic acids is 2. The van der Waals surface area contributed by atoms with Gasteiger partial charge in [-0.05, 0) is 13.0 Å². The Hall–Kier alpha value is -2.55. The van der Waals surface area contributed by atoms with Crippen LogP contribution in [0.4, 0.5) is 8.78 Å². The average Bonchev–Trinajstić information content (AvgIpc) is 2.39. The minimum absolute atomic E-state index is 0.106. The van der Waals surface area contributed by atoms with Gasteiger partial charge in [0.05, 0.1) is 13.0 Å². The Balaban J connectivity index is 0.000000626. The molecule has 0 aliphatic carbocycles. The summed E-state index contributed by atoms with van der Waals surface area (Å²) in [6.45, 7) is 1.92. The van der Waals surface area contributed by atoms with Crippen LogP contribution in [-0.2, 0) is 19.1 Å². The SMILES string of the molecule is CCOC(=O)CC(N)c1ccc(F)cc1F.O=C(O)C(=O)O. The van der Waals surface area contributed by atoms with Gasteiger partial charge in [-0.15, -0.1) is 0 Å². The average molecular weight is 319 g/mol. The summed E-state index contributed by atoms with van der Waals surface area (Å²) in [6.07, 6.45) is -0.129. The zero-order valence-electron chi connectivity index (χ0n) is 11.6. The van der Waals surface area contributed by atoms with Crippen molar-refractivity contribution in [3.05, 3.63) is 35.4 Å². The summed E-state index contributed by atoms with van der Waals surface area (Å²) in [6, 6.07) is 2.25. The fraction of sp³-hybridized carbons (Fsp3) is 0.308. The number of halogens is 2. The predicted molar refractivity (Wildman–Crippen MR) is 69.8 cm³/mol. The summed E-state index contributed by atoms with van der Waals surface area (Å²) in [5.74, 6) is -5.58. The molecule has 1 rings (SSSR count). The molecule has 0 bridgehead atoms. The van der Waals surface area contributed by atoms with Crippen molar-refractivity contribution in [2.24, 2.45) is 5.73 Å². The van der Waals surface area contributed by atoms with Gasteiger partial charge in [0.2, 0.25) is 0 Å². The van der Waals surface area contributed by atoms with Crippen LogP contribution in [0.1, 0.15) is 24.9 Å². The van der Waals surface area contributed by atoms with Crippen LogP contribution in [0.15, 0.2) is 18.2 Å². The molecule has 7 nitrogen and oxygen atoms in total. The molecule has 0 heterocycles. The first-order chi connectivity index (χ1) is 10.2. The van der Waals surface area contributed by atoms with Gasteiger partial charge >= 0.3 is 17.9 Å². The van der Waals surface area contributed by atoms with Crippen molar-refractivity contribution in [3.8, 4) is 0 Å². The molecular weight excluding hydrogens is 304 g/mol. The molecule has 4 N–H and O–H groups in total. The molecule has 0 amide bonds. The van der Waals surface area contributed by atoms with Gasteiger partial charge in [-0.3, -0.25) is 4.79 Å². The first-order valence-corrected chi connectivity index (χ1v) is 6.01. The Labute approximate surface area is 124 Å². The van der Waals surface area contributed by atoms with E-state index in [4.69, 9.17) is 25.5 Å². The van der Waals surface area contributed by atoms with Crippen LogP contribution in [0.5, 0.6) is 0 Å². The van der Waals surface area contributed by atoms with Crippen molar-refractivity contribution in [2.45, 2.75) is 19.4 Å². The number of hydrogen-bond acceptors (Lipinski definition) is 5. The summed E-state index contributed by atoms with van der Waals surface area (Å²) >= 11 is 0. The molecule has 0 spiro atoms. The lowest BCUT2D eigenvalue weighted by Crippen LogP contribution is -2.18. The maximum absolute atomic E-state index is 13.3. The smallest absolute Gasteiger partial charge is 0.414 e. The predicted octanol–water partition coefficient (Wildman–Crippen LogP) is 1.07. The van der Waals surface area contributed by atoms with Gasteiger partial charge in [-0.2, -0.15) is 0 Å². The summed E-state index contributed by atoms with van der Waals surface area (Å²) in [5.41, 5.74) is 5.72. The summed E-state index contributed by atoms with van der Waals surface area (Å²) in [5, 5.41) is 14.8. The third kappa shape index (κ3) is 7.29. The van der Waals surface area contributed by atoms with Gasteiger partial charge in [0, 0.05) is 17.7 Å². The van der Waals surface area contributed by atoms with Gasteiger partial charge in [-0.25, -0.2) is 18.4 Å². The number of carboxylic acid groups (broad SMARTS) is 2. The van der Waals surface area contributed by atoms with E-state index in [1.807, 2.05) is 0 Å². The molecule has 22 heavy (non-hydrogen) atoms. The second-order valence-electron chi connectivity index (χ2n) is 3.89. The highest BCUT2D eigenvalue weighted by molar-refractivity contribution is 6.27. The van der Waals surface area contributed by atoms with E-state index in [0.29, 0.717) is 0 Å². The molecule has 1 atom stereocenters. The molecule has 122 valence electrons. The summed E-state index contributed by atoms with van der Waals surface area (Å²) in [7, 11) is 0. The second kappa shape index (κ2) is 9.40. The molecule has 0 fully saturated rings. The number of carbonyl (C=O) groups is 3. The van der Waals surface area contributed by atoms with Crippen LogP contribution < -0.4 is 5.73 Å². The number of benzene rings is 1. The Kier molecular flexibility index (Phi) is 8.31. The molecule has 0 saturated heterocycles. The van der Waals surface area contributed by atoms with Gasteiger partial charge in [0.15, 0.2) is 0 Å². The van der Waals surface area contributed by atoms with Gasteiger partial charge in [0.1, 0.15) is 11.6 Å². The molecule has 1 aromatic rings. The first kappa shape index (κ1) is 19.4. The third-order valence-corrected chi connectivity index (χ3v) is 2.24. The van der Waals surface area contributed by atoms with Crippen molar-refractivity contribution in [3.63, 3.8) is 0 Å². The molecule has 1 aromatic carbocycles. The molecule has 0 saturated carbocycles. The molecule has 1 unspecified atom stereocenters. The van der Waals surface area contributed by atoms with E-state index in [-0.39, 0.29) is 18.6 Å². The van der Waals surface area contributed by atoms with Gasteiger partial charge in [-0.1, -0.05) is 6.07 Å². The maximum Gasteiger partial charge on any atom is 0.414 e. The quantitative estimate of drug-likeness (QED) is 0.559. The Morgan fingerprint density at radius 1 is 1.23 bits per heavy atom. The standard InChI is InChI=1S/C11H13F2NO2.C2H2O4/c1-2-16-11(15)6-10(14)8-4-3-7(12)5-9(8)13;3-1(4)2(5)6/h3-5,10H,2,6,14H2,1H3;(H,3,4)(H,5,6). The molecule has 0 aliphatic heterocycles. The van der Waals surface area contributed by atoms with Crippen molar-refractivity contribution in [1.82, 2.24) is 0 Å². The lowest BCUT2D eigenvalue weighted by molar-refractivity contribution is -0.159. The largest absolute Gasteiger partial charge is 0.473 e. The van der Waals surface area contributed by atoms with Crippen LogP contribution in [0.2, 0.25) is 0 Å². The fourth-order valence-electron chi connectivity index (χ4n) is 1.31. The van der Waals surface area contributed by atoms with E-state index in [2.05, 4.69) is 4.74 Å². The second-order valence-corrected chi connectivity index (χ2v) is 3.89. The number of hydrogen-bond donors (Lipinski definition) is 3. The fourth-order valence-corrected chi connectivity index (χ4v) is 1.31. The van der Waals surface area contributed by atoms with E-state index in [1.54, 1.807) is 6.92 Å². The maximum atomic E-state index is 13.3. The van der Waals surface area contributed by atoms with Crippen molar-refractivity contribution in [1.29, 1.82) is 0 Å². The van der Waals surface area contributed by atoms with E-state index >= 15 is 0 Å². The highest BCUT2D eigenvalue weighted by Gasteiger charge is 2.16. The van der Waals surface area contributed by atoms with Crippen LogP contribution in [0.3, 0.4) is 0 Å². The van der Waals surface area contributed by atoms with Crippen LogP contribution >= 0.6 is 0 Å². The number of carbonyl (C=O) groups excluding carboxylic acids is 1. The van der Waals surface area contributed by atoms with E-state index in [1.165, 1.54) is 6.07 Å². The van der Waals surface area contributed by atoms with Crippen LogP contribution in [-0.4, -0.2) is 34.7 Å². The summed E-state index contributed by atoms with van der Waals surface area (Å²) < 4.78 is 30.6. The summed E-state index contributed by atoms with van der Waals surface area (Å²) in [4.78, 5) is 29.3. The van der Waals surface area contributed by atoms with E-state index < -0.39 is 35.6 Å². The zero-order chi connectivity index (χ0) is 17.3. The molecule has 0 aromatic heterocycles. The first-order valence-electron chi connectivity index (χ1n) is 6.01. The topological polar surface area (TPSA) is 127 Å². The number of esters is 1. The van der Waals surface area contributed by atoms with E-state index in [0.717, 1.165) is 12.1 Å². The van der Waals surface area contributed by atoms with Gasteiger partial charge < -0.3 is 20.7 Å². The van der Waals surface area contributed by atoms with Crippen LogP contribution in [0.25, 0.3) is 0 Å². The molecule has 0 radical (unpaired) electrons. The Morgan fingerprint density at radius 2 is 1.77 bits per heavy atom. The highest BCUT2D eigenvalue weighted by atomic mass is 19.1. The lowest BCUT2D eigenvalue weighted by Gasteiger charge is -2.11. The molecule has 9 heteroatoms. The highest BCUT2D eigenvalue weighted by Crippen LogP contribution is 2.19. The molecule has 0 aliphatic rings. The minimum atomic E-state index is -1.82. The Morgan fingerprint density at radius 3 is 2.18 bits per heavy atom. The van der Waals surface area contributed by atoms with Crippen LogP contribution in [0, 0.1) is 11.6 Å². The molecular formula is C13H15F2NO6. The normalized spacial score (nSPS) is 10.9. The number of aliphatic carboxylic acids is 2. The monoisotopic (exact) mass is 319 g/mol. The Bertz CT molecular complexity index is 537. The number of ether oxygens (including phenoxy) is 1. The van der Waals surface area contributed by atoms with Crippen molar-refractivity contribution in [2.75, 3.05) is 6.61 Å².